The van der Waals surface area contributed by atoms with Gasteiger partial charge in [0.1, 0.15) is 0 Å². The summed E-state index contributed by atoms with van der Waals surface area (Å²) in [6.45, 7) is 0. The molecule has 2 bridgehead atoms. The van der Waals surface area contributed by atoms with E-state index in [1.54, 1.807) is 0 Å². The molecule has 11 heavy (non-hydrogen) atoms. The fourth-order valence-corrected chi connectivity index (χ4v) is 2.53. The Morgan fingerprint density at radius 3 is 2.27 bits per heavy atom. The summed E-state index contributed by atoms with van der Waals surface area (Å²) in [5.74, 6) is -1.56. The maximum atomic E-state index is 9.43. The molecule has 0 aliphatic heterocycles. The van der Waals surface area contributed by atoms with Crippen molar-refractivity contribution in [3.05, 3.63) is 0 Å². The largest absolute Gasteiger partial charge is 0.393 e. The molecule has 3 fully saturated rings. The molecule has 3 atom stereocenters. The van der Waals surface area contributed by atoms with E-state index in [-0.39, 0.29) is 5.92 Å². The van der Waals surface area contributed by atoms with Crippen LogP contribution in [0.2, 0.25) is 0 Å². The normalized spacial score (nSPS) is 47.7. The van der Waals surface area contributed by atoms with Crippen LogP contribution in [0, 0.1) is 11.8 Å². The molecular formula is C8H14O3. The number of aliphatic hydroxyl groups is 3. The van der Waals surface area contributed by atoms with E-state index < -0.39 is 11.9 Å². The van der Waals surface area contributed by atoms with E-state index in [2.05, 4.69) is 0 Å². The predicted octanol–water partition coefficient (Wildman–Crippen LogP) is -0.152. The monoisotopic (exact) mass is 158 g/mol. The highest BCUT2D eigenvalue weighted by atomic mass is 16.5. The standard InChI is InChI=1S/C8H14O3/c9-7-3-5-1-2-6(7)8(10,11)4-5/h5-7,9-11H,1-4H2. The van der Waals surface area contributed by atoms with Crippen molar-refractivity contribution in [1.82, 2.24) is 0 Å². The molecule has 3 unspecified atom stereocenters. The topological polar surface area (TPSA) is 60.7 Å². The zero-order chi connectivity index (χ0) is 8.06. The minimum Gasteiger partial charge on any atom is -0.393 e. The summed E-state index contributed by atoms with van der Waals surface area (Å²) in [5.41, 5.74) is 0. The van der Waals surface area contributed by atoms with Gasteiger partial charge in [0.2, 0.25) is 0 Å². The molecule has 3 aliphatic rings. The maximum absolute atomic E-state index is 9.43. The van der Waals surface area contributed by atoms with Crippen LogP contribution < -0.4 is 0 Å². The van der Waals surface area contributed by atoms with Crippen LogP contribution in [0.15, 0.2) is 0 Å². The lowest BCUT2D eigenvalue weighted by atomic mass is 9.65. The third kappa shape index (κ3) is 1.08. The average Bonchev–Trinajstić information content (AvgIpc) is 1.83. The van der Waals surface area contributed by atoms with Gasteiger partial charge < -0.3 is 15.3 Å². The van der Waals surface area contributed by atoms with Crippen molar-refractivity contribution in [1.29, 1.82) is 0 Å². The molecule has 0 aromatic carbocycles. The van der Waals surface area contributed by atoms with Gasteiger partial charge in [0.05, 0.1) is 6.10 Å². The van der Waals surface area contributed by atoms with Crippen LogP contribution in [-0.2, 0) is 0 Å². The highest BCUT2D eigenvalue weighted by molar-refractivity contribution is 4.95. The molecular weight excluding hydrogens is 144 g/mol. The minimum absolute atomic E-state index is 0.299. The van der Waals surface area contributed by atoms with E-state index in [1.165, 1.54) is 0 Å². The Hall–Kier alpha value is -0.120. The van der Waals surface area contributed by atoms with Crippen molar-refractivity contribution < 1.29 is 15.3 Å². The second-order valence-corrected chi connectivity index (χ2v) is 3.94. The number of rotatable bonds is 0. The lowest BCUT2D eigenvalue weighted by molar-refractivity contribution is -0.269. The van der Waals surface area contributed by atoms with Gasteiger partial charge in [-0.3, -0.25) is 0 Å². The van der Waals surface area contributed by atoms with Crippen LogP contribution in [0.4, 0.5) is 0 Å². The summed E-state index contributed by atoms with van der Waals surface area (Å²) >= 11 is 0. The van der Waals surface area contributed by atoms with Gasteiger partial charge in [-0.25, -0.2) is 0 Å². The van der Waals surface area contributed by atoms with Gasteiger partial charge in [0.15, 0.2) is 5.79 Å². The van der Waals surface area contributed by atoms with Crippen molar-refractivity contribution in [2.45, 2.75) is 37.6 Å². The molecule has 64 valence electrons. The van der Waals surface area contributed by atoms with Crippen LogP contribution in [-0.4, -0.2) is 27.2 Å². The van der Waals surface area contributed by atoms with Crippen molar-refractivity contribution in [3.8, 4) is 0 Å². The first-order valence-electron chi connectivity index (χ1n) is 4.22. The van der Waals surface area contributed by atoms with Crippen molar-refractivity contribution in [2.75, 3.05) is 0 Å². The smallest absolute Gasteiger partial charge is 0.168 e. The second-order valence-electron chi connectivity index (χ2n) is 3.94. The fourth-order valence-electron chi connectivity index (χ4n) is 2.53. The lowest BCUT2D eigenvalue weighted by Crippen LogP contribution is -2.53. The van der Waals surface area contributed by atoms with Crippen LogP contribution in [0.5, 0.6) is 0 Å². The number of fused-ring (bicyclic) bond motifs is 3. The van der Waals surface area contributed by atoms with Crippen molar-refractivity contribution in [2.24, 2.45) is 11.8 Å². The van der Waals surface area contributed by atoms with Gasteiger partial charge in [0.25, 0.3) is 0 Å². The summed E-state index contributed by atoms with van der Waals surface area (Å²) in [4.78, 5) is 0. The van der Waals surface area contributed by atoms with E-state index in [0.717, 1.165) is 19.3 Å². The Morgan fingerprint density at radius 1 is 1.18 bits per heavy atom. The van der Waals surface area contributed by atoms with E-state index in [4.69, 9.17) is 0 Å². The lowest BCUT2D eigenvalue weighted by Gasteiger charge is -2.47. The van der Waals surface area contributed by atoms with Gasteiger partial charge in [-0.05, 0) is 25.2 Å². The van der Waals surface area contributed by atoms with E-state index in [1.807, 2.05) is 0 Å². The highest BCUT2D eigenvalue weighted by Gasteiger charge is 2.49. The molecule has 3 rings (SSSR count). The van der Waals surface area contributed by atoms with Crippen LogP contribution >= 0.6 is 0 Å². The molecule has 3 saturated carbocycles. The van der Waals surface area contributed by atoms with Crippen LogP contribution in [0.25, 0.3) is 0 Å². The molecule has 0 aromatic heterocycles. The summed E-state index contributed by atoms with van der Waals surface area (Å²) in [6.07, 6.45) is 2.53. The van der Waals surface area contributed by atoms with Crippen LogP contribution in [0.3, 0.4) is 0 Å². The Kier molecular flexibility index (Phi) is 1.50. The van der Waals surface area contributed by atoms with E-state index >= 15 is 0 Å². The molecule has 0 saturated heterocycles. The zero-order valence-electron chi connectivity index (χ0n) is 6.40. The first kappa shape index (κ1) is 7.53. The molecule has 3 aliphatic carbocycles. The Morgan fingerprint density at radius 2 is 1.91 bits per heavy atom. The van der Waals surface area contributed by atoms with Gasteiger partial charge in [-0.2, -0.15) is 0 Å². The van der Waals surface area contributed by atoms with Gasteiger partial charge in [0, 0.05) is 12.3 Å². The zero-order valence-corrected chi connectivity index (χ0v) is 6.40. The molecule has 3 N–H and O–H groups in total. The average molecular weight is 158 g/mol. The number of aliphatic hydroxyl groups excluding tert-OH is 1. The summed E-state index contributed by atoms with van der Waals surface area (Å²) in [5, 5.41) is 28.3. The number of hydrogen-bond donors (Lipinski definition) is 3. The SMILES string of the molecule is OC1CC2CCC1C(O)(O)C2. The second kappa shape index (κ2) is 2.19. The molecule has 0 amide bonds. The molecule has 3 nitrogen and oxygen atoms in total. The Bertz CT molecular complexity index is 167. The molecule has 0 radical (unpaired) electrons. The number of hydrogen-bond acceptors (Lipinski definition) is 3. The first-order chi connectivity index (χ1) is 5.09. The highest BCUT2D eigenvalue weighted by Crippen LogP contribution is 2.45. The molecule has 0 aromatic rings. The minimum atomic E-state index is -1.58. The molecule has 0 heterocycles. The third-order valence-electron chi connectivity index (χ3n) is 3.11. The molecule has 0 spiro atoms. The van der Waals surface area contributed by atoms with Gasteiger partial charge in [-0.1, -0.05) is 0 Å². The fraction of sp³-hybridized carbons (Fsp3) is 1.00. The Balaban J connectivity index is 2.20. The maximum Gasteiger partial charge on any atom is 0.168 e. The first-order valence-corrected chi connectivity index (χ1v) is 4.22. The van der Waals surface area contributed by atoms with Crippen LogP contribution in [0.1, 0.15) is 25.7 Å². The summed E-state index contributed by atoms with van der Waals surface area (Å²) in [6, 6.07) is 0. The predicted molar refractivity (Wildman–Crippen MR) is 38.6 cm³/mol. The van der Waals surface area contributed by atoms with E-state index in [0.29, 0.717) is 12.3 Å². The summed E-state index contributed by atoms with van der Waals surface area (Å²) in [7, 11) is 0. The van der Waals surface area contributed by atoms with Gasteiger partial charge >= 0.3 is 0 Å². The quantitative estimate of drug-likeness (QED) is 0.430. The van der Waals surface area contributed by atoms with Crippen molar-refractivity contribution in [3.63, 3.8) is 0 Å². The van der Waals surface area contributed by atoms with Gasteiger partial charge in [-0.15, -0.1) is 0 Å². The molecule has 3 heteroatoms. The third-order valence-corrected chi connectivity index (χ3v) is 3.11. The van der Waals surface area contributed by atoms with Crippen molar-refractivity contribution >= 4 is 0 Å². The van der Waals surface area contributed by atoms with E-state index in [9.17, 15) is 15.3 Å². The Labute approximate surface area is 65.7 Å². The summed E-state index contributed by atoms with van der Waals surface area (Å²) < 4.78 is 0.